The first kappa shape index (κ1) is 29.6. The SMILES string of the molecule is C=N/C(=C\C(=N/COc1cc(/C=C\NC)ccc1F)N1CCN(C)CC1)Nc1cc(-c2cccs2)[nH]n1.CC. The van der Waals surface area contributed by atoms with Gasteiger partial charge in [-0.15, -0.1) is 11.3 Å². The van der Waals surface area contributed by atoms with Crippen molar-refractivity contribution in [2.75, 3.05) is 52.3 Å². The number of thiophene rings is 1. The van der Waals surface area contributed by atoms with Gasteiger partial charge in [-0.3, -0.25) is 5.10 Å². The van der Waals surface area contributed by atoms with Crippen LogP contribution in [-0.4, -0.2) is 79.6 Å². The molecule has 0 unspecified atom stereocenters. The Balaban J connectivity index is 0.00000205. The molecule has 1 aromatic carbocycles. The number of aromatic nitrogens is 2. The second kappa shape index (κ2) is 15.5. The van der Waals surface area contributed by atoms with E-state index in [0.717, 1.165) is 42.3 Å². The van der Waals surface area contributed by atoms with E-state index < -0.39 is 5.82 Å². The van der Waals surface area contributed by atoms with Gasteiger partial charge in [0.1, 0.15) is 11.7 Å². The first-order valence-electron chi connectivity index (χ1n) is 12.8. The molecule has 4 rings (SSSR count). The van der Waals surface area contributed by atoms with Crippen LogP contribution < -0.4 is 15.4 Å². The second-order valence-corrected chi connectivity index (χ2v) is 9.30. The number of amidine groups is 1. The normalized spacial score (nSPS) is 14.6. The smallest absolute Gasteiger partial charge is 0.181 e. The lowest BCUT2D eigenvalue weighted by molar-refractivity contribution is 0.214. The van der Waals surface area contributed by atoms with Crippen LogP contribution in [-0.2, 0) is 0 Å². The number of benzene rings is 1. The number of anilines is 1. The number of halogens is 1. The highest BCUT2D eigenvalue weighted by molar-refractivity contribution is 7.13. The van der Waals surface area contributed by atoms with Crippen LogP contribution in [0, 0.1) is 5.82 Å². The largest absolute Gasteiger partial charge is 0.468 e. The highest BCUT2D eigenvalue weighted by Gasteiger charge is 2.17. The number of ether oxygens (including phenoxy) is 1. The summed E-state index contributed by atoms with van der Waals surface area (Å²) in [7, 11) is 3.89. The van der Waals surface area contributed by atoms with Crippen molar-refractivity contribution in [2.24, 2.45) is 9.98 Å². The number of hydrogen-bond acceptors (Lipinski definition) is 8. The Hall–Kier alpha value is -3.96. The van der Waals surface area contributed by atoms with Crippen LogP contribution >= 0.6 is 11.3 Å². The molecule has 2 aromatic heterocycles. The summed E-state index contributed by atoms with van der Waals surface area (Å²) in [4.78, 5) is 14.3. The molecular weight excluding hydrogens is 515 g/mol. The Labute approximate surface area is 233 Å². The maximum atomic E-state index is 14.3. The minimum absolute atomic E-state index is 0.0519. The molecule has 1 saturated heterocycles. The highest BCUT2D eigenvalue weighted by atomic mass is 32.1. The van der Waals surface area contributed by atoms with E-state index in [1.54, 1.807) is 36.7 Å². The molecule has 0 amide bonds. The van der Waals surface area contributed by atoms with Crippen LogP contribution in [0.1, 0.15) is 19.4 Å². The summed E-state index contributed by atoms with van der Waals surface area (Å²) in [6.45, 7) is 11.0. The lowest BCUT2D eigenvalue weighted by Gasteiger charge is -2.33. The summed E-state index contributed by atoms with van der Waals surface area (Å²) >= 11 is 1.63. The predicted molar refractivity (Wildman–Crippen MR) is 161 cm³/mol. The zero-order chi connectivity index (χ0) is 28.0. The molecule has 1 aliphatic rings. The van der Waals surface area contributed by atoms with Crippen LogP contribution in [0.4, 0.5) is 10.2 Å². The third-order valence-electron chi connectivity index (χ3n) is 5.73. The third-order valence-corrected chi connectivity index (χ3v) is 6.63. The molecule has 39 heavy (non-hydrogen) atoms. The zero-order valence-corrected chi connectivity index (χ0v) is 23.8. The number of piperazine rings is 1. The summed E-state index contributed by atoms with van der Waals surface area (Å²) < 4.78 is 20.1. The lowest BCUT2D eigenvalue weighted by atomic mass is 10.2. The van der Waals surface area contributed by atoms with Gasteiger partial charge in [0.15, 0.2) is 24.1 Å². The maximum absolute atomic E-state index is 14.3. The number of aromatic amines is 1. The van der Waals surface area contributed by atoms with Crippen LogP contribution in [0.3, 0.4) is 0 Å². The molecule has 0 atom stereocenters. The van der Waals surface area contributed by atoms with Crippen molar-refractivity contribution in [1.82, 2.24) is 25.3 Å². The summed E-state index contributed by atoms with van der Waals surface area (Å²) in [5.41, 5.74) is 1.73. The monoisotopic (exact) mass is 552 g/mol. The van der Waals surface area contributed by atoms with Crippen molar-refractivity contribution in [3.05, 3.63) is 71.3 Å². The third kappa shape index (κ3) is 8.79. The summed E-state index contributed by atoms with van der Waals surface area (Å²) in [5, 5.41) is 15.5. The molecule has 0 saturated carbocycles. The fourth-order valence-corrected chi connectivity index (χ4v) is 4.37. The predicted octanol–water partition coefficient (Wildman–Crippen LogP) is 5.13. The van der Waals surface area contributed by atoms with Gasteiger partial charge in [0, 0.05) is 45.4 Å². The van der Waals surface area contributed by atoms with Gasteiger partial charge in [0.2, 0.25) is 0 Å². The van der Waals surface area contributed by atoms with Gasteiger partial charge < -0.3 is 25.2 Å². The number of H-pyrrole nitrogens is 1. The Morgan fingerprint density at radius 3 is 2.72 bits per heavy atom. The minimum atomic E-state index is -0.441. The molecule has 3 aromatic rings. The Bertz CT molecular complexity index is 1260. The van der Waals surface area contributed by atoms with Crippen molar-refractivity contribution in [3.63, 3.8) is 0 Å². The molecular formula is C28H37FN8OS. The summed E-state index contributed by atoms with van der Waals surface area (Å²) in [5.74, 6) is 1.48. The van der Waals surface area contributed by atoms with E-state index in [9.17, 15) is 4.39 Å². The van der Waals surface area contributed by atoms with E-state index in [1.165, 1.54) is 6.07 Å². The van der Waals surface area contributed by atoms with Crippen LogP contribution in [0.2, 0.25) is 0 Å². The number of likely N-dealkylation sites (N-methyl/N-ethyl adjacent to an activating group) is 1. The van der Waals surface area contributed by atoms with E-state index in [-0.39, 0.29) is 12.5 Å². The van der Waals surface area contributed by atoms with Crippen LogP contribution in [0.5, 0.6) is 5.75 Å². The Morgan fingerprint density at radius 2 is 2.03 bits per heavy atom. The van der Waals surface area contributed by atoms with Gasteiger partial charge in [-0.1, -0.05) is 26.0 Å². The van der Waals surface area contributed by atoms with Crippen molar-refractivity contribution >= 4 is 35.8 Å². The number of nitrogens with one attached hydrogen (secondary N) is 3. The average molecular weight is 553 g/mol. The van der Waals surface area contributed by atoms with Crippen molar-refractivity contribution < 1.29 is 9.13 Å². The summed E-state index contributed by atoms with van der Waals surface area (Å²) in [6.07, 6.45) is 5.41. The van der Waals surface area contributed by atoms with Gasteiger partial charge in [-0.05, 0) is 55.2 Å². The van der Waals surface area contributed by atoms with E-state index in [2.05, 4.69) is 54.4 Å². The number of aliphatic imine (C=N–C) groups is 2. The molecule has 0 aliphatic carbocycles. The number of nitrogens with zero attached hydrogens (tertiary/aromatic N) is 5. The van der Waals surface area contributed by atoms with Gasteiger partial charge in [0.25, 0.3) is 0 Å². The number of hydrogen-bond donors (Lipinski definition) is 3. The van der Waals surface area contributed by atoms with Gasteiger partial charge in [0.05, 0.1) is 10.6 Å². The first-order chi connectivity index (χ1) is 19.1. The summed E-state index contributed by atoms with van der Waals surface area (Å²) in [6, 6.07) is 10.6. The topological polar surface area (TPSA) is 93.2 Å². The Morgan fingerprint density at radius 1 is 1.23 bits per heavy atom. The lowest BCUT2D eigenvalue weighted by Crippen LogP contribution is -2.47. The molecule has 208 valence electrons. The number of rotatable bonds is 10. The standard InChI is InChI=1S/C26H31FN8OS.C2H6/c1-28-9-8-19-6-7-20(27)22(15-19)36-18-30-26(35-12-10-34(3)11-13-35)17-24(29-2)31-25-16-21(32-33-25)23-5-4-14-37-23;1-2/h4-9,14-17,28H,2,10-13,18H2,1,3H3,(H2,31,32,33);1-2H3/b9-8-,24-17+,30-26+;. The average Bonchev–Trinajstić information content (AvgIpc) is 3.66. The fourth-order valence-electron chi connectivity index (χ4n) is 3.67. The molecule has 0 bridgehead atoms. The van der Waals surface area contributed by atoms with E-state index in [0.29, 0.717) is 17.5 Å². The van der Waals surface area contributed by atoms with Gasteiger partial charge in [-0.2, -0.15) is 5.10 Å². The Kier molecular flexibility index (Phi) is 11.7. The van der Waals surface area contributed by atoms with E-state index in [4.69, 9.17) is 4.74 Å². The van der Waals surface area contributed by atoms with Gasteiger partial charge in [-0.25, -0.2) is 14.4 Å². The van der Waals surface area contributed by atoms with Crippen molar-refractivity contribution in [1.29, 1.82) is 0 Å². The molecule has 1 fully saturated rings. The minimum Gasteiger partial charge on any atom is -0.468 e. The first-order valence-corrected chi connectivity index (χ1v) is 13.7. The zero-order valence-electron chi connectivity index (χ0n) is 22.9. The molecule has 1 aliphatic heterocycles. The molecule has 9 nitrogen and oxygen atoms in total. The van der Waals surface area contributed by atoms with Crippen molar-refractivity contribution in [3.8, 4) is 16.3 Å². The molecule has 0 spiro atoms. The molecule has 11 heteroatoms. The molecule has 3 heterocycles. The molecule has 3 N–H and O–H groups in total. The van der Waals surface area contributed by atoms with Crippen LogP contribution in [0.25, 0.3) is 16.6 Å². The van der Waals surface area contributed by atoms with E-state index in [1.807, 2.05) is 49.6 Å². The quantitative estimate of drug-likeness (QED) is 0.239. The van der Waals surface area contributed by atoms with Gasteiger partial charge >= 0.3 is 0 Å². The second-order valence-electron chi connectivity index (χ2n) is 8.35. The maximum Gasteiger partial charge on any atom is 0.181 e. The fraction of sp³-hybridized carbons (Fsp3) is 0.321. The van der Waals surface area contributed by atoms with Crippen LogP contribution in [0.15, 0.2) is 69.9 Å². The van der Waals surface area contributed by atoms with E-state index >= 15 is 0 Å². The highest BCUT2D eigenvalue weighted by Crippen LogP contribution is 2.25. The molecule has 0 radical (unpaired) electrons. The van der Waals surface area contributed by atoms with Crippen molar-refractivity contribution in [2.45, 2.75) is 13.8 Å².